The van der Waals surface area contributed by atoms with Crippen molar-refractivity contribution in [3.63, 3.8) is 0 Å². The van der Waals surface area contributed by atoms with Crippen LogP contribution >= 0.6 is 0 Å². The molecule has 0 aromatic rings. The summed E-state index contributed by atoms with van der Waals surface area (Å²) in [4.78, 5) is 10.7. The Balaban J connectivity index is 3.00. The summed E-state index contributed by atoms with van der Waals surface area (Å²) in [6.45, 7) is 0. The molecule has 0 aromatic heterocycles. The average molecular weight is 151 g/mol. The third-order valence-electron chi connectivity index (χ3n) is 1.40. The van der Waals surface area contributed by atoms with E-state index in [1.165, 1.54) is 19.5 Å². The number of carbonyl (C=O) groups is 1. The number of rotatable bonds is 0. The fraction of sp³-hybridized carbons (Fsp3) is 0.167. The zero-order valence-corrected chi connectivity index (χ0v) is 5.98. The second-order valence-electron chi connectivity index (χ2n) is 2.31. The Morgan fingerprint density at radius 1 is 1.91 bits per heavy atom. The summed E-state index contributed by atoms with van der Waals surface area (Å²) in [5.74, 6) is 0. The summed E-state index contributed by atoms with van der Waals surface area (Å²) in [7, 11) is 1.50. The maximum Gasteiger partial charge on any atom is 0.445 e. The highest BCUT2D eigenvalue weighted by Crippen LogP contribution is 2.13. The van der Waals surface area contributed by atoms with E-state index < -0.39 is 6.03 Å². The summed E-state index contributed by atoms with van der Waals surface area (Å²) >= 11 is 0. The lowest BCUT2D eigenvalue weighted by Crippen LogP contribution is -2.42. The molecule has 2 amide bonds. The van der Waals surface area contributed by atoms with Crippen molar-refractivity contribution in [3.05, 3.63) is 11.8 Å². The van der Waals surface area contributed by atoms with Gasteiger partial charge in [-0.1, -0.05) is 9.69 Å². The largest absolute Gasteiger partial charge is 0.445 e. The van der Waals surface area contributed by atoms with Gasteiger partial charge in [0.25, 0.3) is 0 Å². The van der Waals surface area contributed by atoms with E-state index in [9.17, 15) is 4.79 Å². The number of urea groups is 1. The number of amides is 2. The quantitative estimate of drug-likeness (QED) is 0.491. The van der Waals surface area contributed by atoms with Crippen molar-refractivity contribution in [3.8, 4) is 6.07 Å². The van der Waals surface area contributed by atoms with Crippen LogP contribution < -0.4 is 5.73 Å². The molecule has 5 nitrogen and oxygen atoms in total. The molecule has 1 aliphatic heterocycles. The molecule has 0 spiro atoms. The average Bonchev–Trinajstić information content (AvgIpc) is 2.33. The zero-order chi connectivity index (χ0) is 8.48. The van der Waals surface area contributed by atoms with Gasteiger partial charge in [0.15, 0.2) is 6.20 Å². The van der Waals surface area contributed by atoms with Gasteiger partial charge >= 0.3 is 6.03 Å². The molecule has 0 aliphatic carbocycles. The molecule has 1 atom stereocenters. The van der Waals surface area contributed by atoms with Gasteiger partial charge in [0, 0.05) is 0 Å². The molecule has 1 aliphatic rings. The Bertz CT molecular complexity index is 298. The second kappa shape index (κ2) is 2.18. The minimum atomic E-state index is -0.605. The molecule has 1 heterocycles. The van der Waals surface area contributed by atoms with Gasteiger partial charge in [-0.25, -0.2) is 4.79 Å². The van der Waals surface area contributed by atoms with E-state index >= 15 is 0 Å². The molecule has 5 heteroatoms. The van der Waals surface area contributed by atoms with Crippen LogP contribution in [-0.2, 0) is 0 Å². The van der Waals surface area contributed by atoms with Crippen molar-refractivity contribution in [2.75, 3.05) is 7.05 Å². The third-order valence-corrected chi connectivity index (χ3v) is 1.40. The Morgan fingerprint density at radius 3 is 2.82 bits per heavy atom. The number of primary amides is 1. The normalized spacial score (nSPS) is 27.8. The van der Waals surface area contributed by atoms with E-state index in [0.717, 1.165) is 0 Å². The van der Waals surface area contributed by atoms with Crippen molar-refractivity contribution in [2.45, 2.75) is 0 Å². The maximum atomic E-state index is 10.7. The number of nitriles is 1. The van der Waals surface area contributed by atoms with Crippen molar-refractivity contribution < 1.29 is 9.39 Å². The van der Waals surface area contributed by atoms with Gasteiger partial charge in [-0.05, 0) is 0 Å². The smallest absolute Gasteiger partial charge is 0.316 e. The Morgan fingerprint density at radius 2 is 2.55 bits per heavy atom. The predicted octanol–water partition coefficient (Wildman–Crippen LogP) is -0.0814. The number of nitrogens with zero attached hydrogens (tertiary/aromatic N) is 3. The third kappa shape index (κ3) is 1.11. The fourth-order valence-corrected chi connectivity index (χ4v) is 0.698. The molecule has 0 saturated heterocycles. The van der Waals surface area contributed by atoms with E-state index in [-0.39, 0.29) is 4.59 Å². The Hall–Kier alpha value is -1.67. The first-order valence-electron chi connectivity index (χ1n) is 2.93. The predicted molar refractivity (Wildman–Crippen MR) is 38.0 cm³/mol. The molecule has 0 aromatic carbocycles. The molecule has 2 N–H and O–H groups in total. The van der Waals surface area contributed by atoms with Crippen molar-refractivity contribution in [1.29, 1.82) is 5.26 Å². The lowest BCUT2D eigenvalue weighted by Gasteiger charge is -2.12. The molecule has 1 rings (SSSR count). The minimum Gasteiger partial charge on any atom is -0.316 e. The van der Waals surface area contributed by atoms with Crippen molar-refractivity contribution in [2.24, 2.45) is 10.8 Å². The van der Waals surface area contributed by atoms with Crippen LogP contribution in [0.25, 0.3) is 0 Å². The molecular formula is C6H7N4O+. The highest BCUT2D eigenvalue weighted by molar-refractivity contribution is 5.85. The van der Waals surface area contributed by atoms with Crippen LogP contribution in [0.4, 0.5) is 4.79 Å². The van der Waals surface area contributed by atoms with E-state index in [4.69, 9.17) is 11.0 Å². The SMILES string of the molecule is C[N+]1(C(N)=O)C=C(C#N)C=N1. The lowest BCUT2D eigenvalue weighted by molar-refractivity contribution is -0.778. The molecule has 0 fully saturated rings. The first-order valence-corrected chi connectivity index (χ1v) is 2.93. The van der Waals surface area contributed by atoms with Gasteiger partial charge in [0.2, 0.25) is 0 Å². The van der Waals surface area contributed by atoms with Crippen LogP contribution in [0.1, 0.15) is 0 Å². The molecular weight excluding hydrogens is 144 g/mol. The summed E-state index contributed by atoms with van der Waals surface area (Å²) in [6, 6.07) is 1.26. The first-order chi connectivity index (χ1) is 5.08. The van der Waals surface area contributed by atoms with Crippen LogP contribution in [0.2, 0.25) is 0 Å². The highest BCUT2D eigenvalue weighted by Gasteiger charge is 2.31. The van der Waals surface area contributed by atoms with Crippen molar-refractivity contribution >= 4 is 12.2 Å². The van der Waals surface area contributed by atoms with E-state index in [0.29, 0.717) is 5.57 Å². The van der Waals surface area contributed by atoms with E-state index in [1.54, 1.807) is 0 Å². The molecule has 0 radical (unpaired) electrons. The molecule has 0 saturated carbocycles. The van der Waals surface area contributed by atoms with E-state index in [2.05, 4.69) is 5.10 Å². The standard InChI is InChI=1S/C6H6N4O/c1-10(6(8)11)4-5(2-7)3-9-10/h3-4H,1H3,(H-,8,11)/p+1. The molecule has 0 bridgehead atoms. The topological polar surface area (TPSA) is 79.2 Å². The van der Waals surface area contributed by atoms with Gasteiger partial charge in [-0.2, -0.15) is 5.26 Å². The first kappa shape index (κ1) is 7.44. The number of quaternary nitrogens is 1. The monoisotopic (exact) mass is 151 g/mol. The molecule has 1 unspecified atom stereocenters. The Labute approximate surface area is 63.6 Å². The van der Waals surface area contributed by atoms with Gasteiger partial charge in [-0.3, -0.25) is 0 Å². The van der Waals surface area contributed by atoms with Gasteiger partial charge < -0.3 is 5.73 Å². The van der Waals surface area contributed by atoms with Crippen molar-refractivity contribution in [1.82, 2.24) is 0 Å². The maximum absolute atomic E-state index is 10.7. The Kier molecular flexibility index (Phi) is 1.47. The van der Waals surface area contributed by atoms with Crippen LogP contribution in [0.15, 0.2) is 16.9 Å². The summed E-state index contributed by atoms with van der Waals surface area (Å²) in [6.07, 6.45) is 2.72. The zero-order valence-electron chi connectivity index (χ0n) is 5.98. The summed E-state index contributed by atoms with van der Waals surface area (Å²) < 4.78 is -0.372. The summed E-state index contributed by atoms with van der Waals surface area (Å²) in [5.41, 5.74) is 5.37. The van der Waals surface area contributed by atoms with Gasteiger partial charge in [0.05, 0.1) is 0 Å². The minimum absolute atomic E-state index is 0.353. The number of nitrogens with two attached hydrogens (primary N) is 1. The second-order valence-corrected chi connectivity index (χ2v) is 2.31. The van der Waals surface area contributed by atoms with Crippen LogP contribution in [0.3, 0.4) is 0 Å². The van der Waals surface area contributed by atoms with Gasteiger partial charge in [0.1, 0.15) is 24.9 Å². The summed E-state index contributed by atoms with van der Waals surface area (Å²) in [5, 5.41) is 12.2. The number of hydrogen-bond donors (Lipinski definition) is 1. The van der Waals surface area contributed by atoms with Crippen LogP contribution in [0.5, 0.6) is 0 Å². The number of allylic oxidation sites excluding steroid dienone is 1. The van der Waals surface area contributed by atoms with Gasteiger partial charge in [-0.15, -0.1) is 0 Å². The molecule has 56 valence electrons. The highest BCUT2D eigenvalue weighted by atomic mass is 16.2. The van der Waals surface area contributed by atoms with Crippen LogP contribution in [-0.4, -0.2) is 23.9 Å². The van der Waals surface area contributed by atoms with Crippen LogP contribution in [0, 0.1) is 11.3 Å². The fourth-order valence-electron chi connectivity index (χ4n) is 0.698. The molecule has 11 heavy (non-hydrogen) atoms. The lowest BCUT2D eigenvalue weighted by atomic mass is 10.4. The number of carbonyl (C=O) groups excluding carboxylic acids is 1. The van der Waals surface area contributed by atoms with E-state index in [1.807, 2.05) is 6.07 Å². The number of hydrogen-bond acceptors (Lipinski definition) is 3.